The number of carbonyl (C=O) groups excluding carboxylic acids is 2. The normalized spacial score (nSPS) is 10.5. The van der Waals surface area contributed by atoms with Gasteiger partial charge in [-0.1, -0.05) is 12.8 Å². The van der Waals surface area contributed by atoms with E-state index < -0.39 is 0 Å². The lowest BCUT2D eigenvalue weighted by Gasteiger charge is -2.03. The molecule has 0 fully saturated rings. The minimum Gasteiger partial charge on any atom is -0.508 e. The molecule has 0 spiro atoms. The molecule has 0 aliphatic heterocycles. The first-order chi connectivity index (χ1) is 11.6. The van der Waals surface area contributed by atoms with Crippen LogP contribution in [0, 0.1) is 0 Å². The van der Waals surface area contributed by atoms with E-state index in [0.29, 0.717) is 24.0 Å². The van der Waals surface area contributed by atoms with Crippen molar-refractivity contribution in [3.63, 3.8) is 0 Å². The Hall–Kier alpha value is -2.62. The molecule has 0 aliphatic carbocycles. The Kier molecular flexibility index (Phi) is 6.55. The van der Waals surface area contributed by atoms with Gasteiger partial charge in [0, 0.05) is 24.0 Å². The quantitative estimate of drug-likeness (QED) is 0.525. The Morgan fingerprint density at radius 2 is 0.917 bits per heavy atom. The average molecular weight is 326 g/mol. The molecular weight excluding hydrogens is 304 g/mol. The Bertz CT molecular complexity index is 610. The topological polar surface area (TPSA) is 74.6 Å². The van der Waals surface area contributed by atoms with Crippen LogP contribution in [-0.2, 0) is 0 Å². The highest BCUT2D eigenvalue weighted by Gasteiger charge is 2.07. The van der Waals surface area contributed by atoms with E-state index in [1.54, 1.807) is 24.3 Å². The lowest BCUT2D eigenvalue weighted by Crippen LogP contribution is -2.00. The predicted octanol–water partition coefficient (Wildman–Crippen LogP) is 4.50. The van der Waals surface area contributed by atoms with E-state index in [2.05, 4.69) is 0 Å². The van der Waals surface area contributed by atoms with Crippen molar-refractivity contribution in [2.24, 2.45) is 0 Å². The van der Waals surface area contributed by atoms with Gasteiger partial charge in [-0.2, -0.15) is 0 Å². The van der Waals surface area contributed by atoms with Crippen molar-refractivity contribution in [3.8, 4) is 11.5 Å². The lowest BCUT2D eigenvalue weighted by atomic mass is 10.0. The third kappa shape index (κ3) is 5.54. The van der Waals surface area contributed by atoms with Crippen LogP contribution < -0.4 is 0 Å². The third-order valence-electron chi connectivity index (χ3n) is 3.94. The van der Waals surface area contributed by atoms with Crippen LogP contribution in [0.1, 0.15) is 59.2 Å². The summed E-state index contributed by atoms with van der Waals surface area (Å²) in [6, 6.07) is 12.6. The Labute approximate surface area is 141 Å². The standard InChI is InChI=1S/C20H22O4/c21-17-11-7-15(8-12-17)19(23)5-3-1-2-4-6-20(24)16-9-13-18(22)14-10-16/h7-14,21-22H,1-6H2. The maximum atomic E-state index is 12.0. The van der Waals surface area contributed by atoms with Crippen LogP contribution in [0.3, 0.4) is 0 Å². The highest BCUT2D eigenvalue weighted by atomic mass is 16.3. The highest BCUT2D eigenvalue weighted by molar-refractivity contribution is 5.96. The van der Waals surface area contributed by atoms with Crippen molar-refractivity contribution in [3.05, 3.63) is 59.7 Å². The first-order valence-corrected chi connectivity index (χ1v) is 8.21. The van der Waals surface area contributed by atoms with Crippen molar-refractivity contribution in [1.29, 1.82) is 0 Å². The number of ketones is 2. The number of phenols is 2. The van der Waals surface area contributed by atoms with Gasteiger partial charge in [-0.05, 0) is 61.4 Å². The van der Waals surface area contributed by atoms with Gasteiger partial charge in [0.05, 0.1) is 0 Å². The maximum absolute atomic E-state index is 12.0. The molecular formula is C20H22O4. The second-order valence-corrected chi connectivity index (χ2v) is 5.85. The molecule has 4 heteroatoms. The lowest BCUT2D eigenvalue weighted by molar-refractivity contribution is 0.0966. The molecule has 0 amide bonds. The van der Waals surface area contributed by atoms with Gasteiger partial charge in [0.25, 0.3) is 0 Å². The van der Waals surface area contributed by atoms with E-state index >= 15 is 0 Å². The van der Waals surface area contributed by atoms with Gasteiger partial charge >= 0.3 is 0 Å². The summed E-state index contributed by atoms with van der Waals surface area (Å²) in [5, 5.41) is 18.4. The summed E-state index contributed by atoms with van der Waals surface area (Å²) in [5.74, 6) is 0.472. The summed E-state index contributed by atoms with van der Waals surface area (Å²) in [7, 11) is 0. The second kappa shape index (κ2) is 8.87. The molecule has 0 radical (unpaired) electrons. The van der Waals surface area contributed by atoms with Crippen LogP contribution in [-0.4, -0.2) is 21.8 Å². The van der Waals surface area contributed by atoms with E-state index in [1.807, 2.05) is 0 Å². The second-order valence-electron chi connectivity index (χ2n) is 5.85. The summed E-state index contributed by atoms with van der Waals surface area (Å²) in [5.41, 5.74) is 1.24. The molecule has 0 heterocycles. The van der Waals surface area contributed by atoms with Gasteiger partial charge in [-0.25, -0.2) is 0 Å². The number of hydrogen-bond donors (Lipinski definition) is 2. The molecule has 0 unspecified atom stereocenters. The smallest absolute Gasteiger partial charge is 0.162 e. The minimum absolute atomic E-state index is 0.0789. The molecule has 2 rings (SSSR count). The van der Waals surface area contributed by atoms with E-state index in [9.17, 15) is 19.8 Å². The summed E-state index contributed by atoms with van der Waals surface area (Å²) in [6.07, 6.45) is 4.38. The van der Waals surface area contributed by atoms with Gasteiger partial charge in [0.1, 0.15) is 11.5 Å². The van der Waals surface area contributed by atoms with Crippen molar-refractivity contribution >= 4 is 11.6 Å². The van der Waals surface area contributed by atoms with Crippen LogP contribution in [0.2, 0.25) is 0 Å². The Balaban J connectivity index is 1.61. The van der Waals surface area contributed by atoms with Gasteiger partial charge in [0.2, 0.25) is 0 Å². The zero-order chi connectivity index (χ0) is 17.4. The minimum atomic E-state index is 0.0789. The molecule has 0 aliphatic rings. The molecule has 0 saturated heterocycles. The fraction of sp³-hybridized carbons (Fsp3) is 0.300. The molecule has 0 atom stereocenters. The highest BCUT2D eigenvalue weighted by Crippen LogP contribution is 2.15. The van der Waals surface area contributed by atoms with Crippen molar-refractivity contribution in [2.75, 3.05) is 0 Å². The predicted molar refractivity (Wildman–Crippen MR) is 92.6 cm³/mol. The van der Waals surface area contributed by atoms with Gasteiger partial charge in [-0.3, -0.25) is 9.59 Å². The van der Waals surface area contributed by atoms with Crippen LogP contribution in [0.4, 0.5) is 0 Å². The number of rotatable bonds is 9. The monoisotopic (exact) mass is 326 g/mol. The maximum Gasteiger partial charge on any atom is 0.162 e. The van der Waals surface area contributed by atoms with Crippen LogP contribution in [0.25, 0.3) is 0 Å². The number of benzene rings is 2. The molecule has 24 heavy (non-hydrogen) atoms. The van der Waals surface area contributed by atoms with Crippen LogP contribution in [0.15, 0.2) is 48.5 Å². The third-order valence-corrected chi connectivity index (χ3v) is 3.94. The number of unbranched alkanes of at least 4 members (excludes halogenated alkanes) is 3. The number of hydrogen-bond acceptors (Lipinski definition) is 4. The first kappa shape index (κ1) is 17.7. The molecule has 0 aromatic heterocycles. The number of aromatic hydroxyl groups is 2. The fourth-order valence-corrected chi connectivity index (χ4v) is 2.51. The van der Waals surface area contributed by atoms with E-state index in [4.69, 9.17) is 0 Å². The van der Waals surface area contributed by atoms with Crippen molar-refractivity contribution in [1.82, 2.24) is 0 Å². The summed E-state index contributed by atoms with van der Waals surface area (Å²) < 4.78 is 0. The molecule has 0 saturated carbocycles. The van der Waals surface area contributed by atoms with Crippen LogP contribution >= 0.6 is 0 Å². The summed E-state index contributed by atoms with van der Waals surface area (Å²) >= 11 is 0. The van der Waals surface area contributed by atoms with E-state index in [1.165, 1.54) is 24.3 Å². The van der Waals surface area contributed by atoms with Gasteiger partial charge < -0.3 is 10.2 Å². The van der Waals surface area contributed by atoms with E-state index in [-0.39, 0.29) is 23.1 Å². The van der Waals surface area contributed by atoms with E-state index in [0.717, 1.165) is 25.7 Å². The number of carbonyl (C=O) groups is 2. The molecule has 2 N–H and O–H groups in total. The molecule has 126 valence electrons. The SMILES string of the molecule is O=C(CCCCCCC(=O)c1ccc(O)cc1)c1ccc(O)cc1. The first-order valence-electron chi connectivity index (χ1n) is 8.21. The zero-order valence-electron chi connectivity index (χ0n) is 13.6. The van der Waals surface area contributed by atoms with Crippen molar-refractivity contribution < 1.29 is 19.8 Å². The fourth-order valence-electron chi connectivity index (χ4n) is 2.51. The summed E-state index contributed by atoms with van der Waals surface area (Å²) in [4.78, 5) is 23.9. The van der Waals surface area contributed by atoms with Crippen molar-refractivity contribution in [2.45, 2.75) is 38.5 Å². The number of Topliss-reactive ketones (excluding diaryl/α,β-unsaturated/α-hetero) is 2. The zero-order valence-corrected chi connectivity index (χ0v) is 13.6. The van der Waals surface area contributed by atoms with Crippen LogP contribution in [0.5, 0.6) is 11.5 Å². The Morgan fingerprint density at radius 3 is 1.25 bits per heavy atom. The Morgan fingerprint density at radius 1 is 0.583 bits per heavy atom. The molecule has 2 aromatic carbocycles. The summed E-state index contributed by atoms with van der Waals surface area (Å²) in [6.45, 7) is 0. The molecule has 0 bridgehead atoms. The van der Waals surface area contributed by atoms with Gasteiger partial charge in [-0.15, -0.1) is 0 Å². The molecule has 4 nitrogen and oxygen atoms in total. The molecule has 2 aromatic rings. The number of phenolic OH excluding ortho intramolecular Hbond substituents is 2. The average Bonchev–Trinajstić information content (AvgIpc) is 2.58. The van der Waals surface area contributed by atoms with Gasteiger partial charge in [0.15, 0.2) is 11.6 Å². The largest absolute Gasteiger partial charge is 0.508 e.